The second kappa shape index (κ2) is 6.51. The number of carbonyl (C=O) groups excluding carboxylic acids is 1. The molecule has 0 fully saturated rings. The highest BCUT2D eigenvalue weighted by atomic mass is 31.2. The molecule has 1 aromatic rings. The van der Waals surface area contributed by atoms with E-state index >= 15 is 0 Å². The van der Waals surface area contributed by atoms with E-state index in [1.165, 1.54) is 0 Å². The number of hydrogen-bond donors (Lipinski definition) is 1. The van der Waals surface area contributed by atoms with Gasteiger partial charge in [0.2, 0.25) is 6.79 Å². The largest absolute Gasteiger partial charge is 0.438 e. The predicted molar refractivity (Wildman–Crippen MR) is 59.7 cm³/mol. The Morgan fingerprint density at radius 3 is 2.59 bits per heavy atom. The summed E-state index contributed by atoms with van der Waals surface area (Å²) in [6.45, 7) is -0.676. The van der Waals surface area contributed by atoms with Gasteiger partial charge in [0.15, 0.2) is 0 Å². The first-order chi connectivity index (χ1) is 7.97. The zero-order chi connectivity index (χ0) is 12.7. The number of hydrogen-bond acceptors (Lipinski definition) is 4. The number of aryl methyl sites for hydroxylation is 1. The molecule has 0 aliphatic rings. The van der Waals surface area contributed by atoms with Gasteiger partial charge in [0, 0.05) is 6.42 Å². The first-order valence-corrected chi connectivity index (χ1v) is 6.47. The highest BCUT2D eigenvalue weighted by Crippen LogP contribution is 2.33. The molecular weight excluding hydrogens is 245 g/mol. The second-order valence-electron chi connectivity index (χ2n) is 3.27. The van der Waals surface area contributed by atoms with Crippen LogP contribution in [0.2, 0.25) is 0 Å². The molecule has 17 heavy (non-hydrogen) atoms. The van der Waals surface area contributed by atoms with Gasteiger partial charge in [-0.25, -0.2) is 4.57 Å². The van der Waals surface area contributed by atoms with Gasteiger partial charge in [-0.2, -0.15) is 0 Å². The third-order valence-electron chi connectivity index (χ3n) is 1.91. The van der Waals surface area contributed by atoms with Gasteiger partial charge in [0.25, 0.3) is 0 Å². The Kier molecular flexibility index (Phi) is 5.31. The number of ether oxygens (including phenoxy) is 1. The molecule has 1 rings (SSSR count). The molecule has 0 aliphatic heterocycles. The van der Waals surface area contributed by atoms with E-state index in [1.807, 2.05) is 30.3 Å². The average Bonchev–Trinajstić information content (AvgIpc) is 2.26. The van der Waals surface area contributed by atoms with Crippen molar-refractivity contribution in [3.05, 3.63) is 35.9 Å². The first-order valence-electron chi connectivity index (χ1n) is 4.89. The normalized spacial score (nSPS) is 14.0. The minimum atomic E-state index is -4.33. The second-order valence-corrected chi connectivity index (χ2v) is 4.57. The molecule has 1 atom stereocenters. The van der Waals surface area contributed by atoms with Crippen molar-refractivity contribution in [3.8, 4) is 0 Å². The molecule has 0 aromatic heterocycles. The Hall–Kier alpha value is -1.20. The van der Waals surface area contributed by atoms with E-state index in [0.29, 0.717) is 6.42 Å². The van der Waals surface area contributed by atoms with Crippen molar-refractivity contribution in [3.63, 3.8) is 0 Å². The summed E-state index contributed by atoms with van der Waals surface area (Å²) in [6, 6.07) is 9.38. The molecule has 2 N–H and O–H groups in total. The maximum atomic E-state index is 11.2. The van der Waals surface area contributed by atoms with Crippen LogP contribution >= 0.6 is 7.75 Å². The number of esters is 1. The summed E-state index contributed by atoms with van der Waals surface area (Å²) in [7, 11) is -4.33. The smallest absolute Gasteiger partial charge is 0.419 e. The van der Waals surface area contributed by atoms with Crippen LogP contribution in [0, 0.1) is 0 Å². The number of benzene rings is 1. The van der Waals surface area contributed by atoms with Crippen molar-refractivity contribution >= 4 is 13.7 Å². The van der Waals surface area contributed by atoms with Crippen LogP contribution in [0.15, 0.2) is 30.3 Å². The van der Waals surface area contributed by atoms with Gasteiger partial charge in [-0.3, -0.25) is 9.32 Å². The molecule has 0 aliphatic carbocycles. The third kappa shape index (κ3) is 6.86. The molecule has 1 aromatic carbocycles. The summed E-state index contributed by atoms with van der Waals surface area (Å²) in [4.78, 5) is 19.6. The molecule has 0 saturated carbocycles. The predicted octanol–water partition coefficient (Wildman–Crippen LogP) is 1.52. The Morgan fingerprint density at radius 2 is 2.00 bits per heavy atom. The van der Waals surface area contributed by atoms with E-state index in [4.69, 9.17) is 10.4 Å². The molecule has 0 heterocycles. The standard InChI is InChI=1S/C10H13NO5P/c11-17(13,14)16-8-15-10(12)7-6-9-4-2-1-3-5-9/h1-5,11H,6-8H2,(H,13,14). The van der Waals surface area contributed by atoms with Gasteiger partial charge in [-0.05, 0) is 12.0 Å². The Labute approximate surface area is 98.9 Å². The lowest BCUT2D eigenvalue weighted by atomic mass is 10.1. The molecule has 0 spiro atoms. The lowest BCUT2D eigenvalue weighted by Crippen LogP contribution is -2.08. The summed E-state index contributed by atoms with van der Waals surface area (Å²) in [6.07, 6.45) is 0.679. The van der Waals surface area contributed by atoms with E-state index in [2.05, 4.69) is 9.26 Å². The van der Waals surface area contributed by atoms with Gasteiger partial charge in [-0.1, -0.05) is 30.3 Å². The Morgan fingerprint density at radius 1 is 1.35 bits per heavy atom. The number of nitrogens with one attached hydrogen (secondary N) is 1. The molecule has 93 valence electrons. The van der Waals surface area contributed by atoms with Crippen LogP contribution in [-0.4, -0.2) is 17.7 Å². The van der Waals surface area contributed by atoms with Gasteiger partial charge >= 0.3 is 13.7 Å². The lowest BCUT2D eigenvalue weighted by Gasteiger charge is -2.06. The summed E-state index contributed by atoms with van der Waals surface area (Å²) in [5.74, 6) is -0.540. The van der Waals surface area contributed by atoms with Gasteiger partial charge in [0.1, 0.15) is 0 Å². The molecular formula is C10H13NO5P. The fraction of sp³-hybridized carbons (Fsp3) is 0.300. The highest BCUT2D eigenvalue weighted by Gasteiger charge is 2.13. The summed E-state index contributed by atoms with van der Waals surface area (Å²) >= 11 is 0. The van der Waals surface area contributed by atoms with Crippen LogP contribution in [0.4, 0.5) is 0 Å². The van der Waals surface area contributed by atoms with Crippen molar-refractivity contribution < 1.29 is 23.5 Å². The van der Waals surface area contributed by atoms with Crippen LogP contribution in [0.25, 0.3) is 0 Å². The van der Waals surface area contributed by atoms with Crippen molar-refractivity contribution in [1.29, 1.82) is 0 Å². The third-order valence-corrected chi connectivity index (χ3v) is 2.36. The molecule has 6 nitrogen and oxygen atoms in total. The molecule has 0 saturated heterocycles. The van der Waals surface area contributed by atoms with E-state index in [9.17, 15) is 9.36 Å². The quantitative estimate of drug-likeness (QED) is 0.474. The van der Waals surface area contributed by atoms with Crippen LogP contribution in [-0.2, 0) is 25.0 Å². The topological polar surface area (TPSA) is 96.6 Å². The minimum absolute atomic E-state index is 0.154. The zero-order valence-corrected chi connectivity index (χ0v) is 9.93. The van der Waals surface area contributed by atoms with E-state index in [-0.39, 0.29) is 6.42 Å². The fourth-order valence-corrected chi connectivity index (χ4v) is 1.32. The van der Waals surface area contributed by atoms with Crippen LogP contribution in [0.3, 0.4) is 0 Å². The number of carbonyl (C=O) groups is 1. The van der Waals surface area contributed by atoms with E-state index in [1.54, 1.807) is 0 Å². The van der Waals surface area contributed by atoms with Crippen molar-refractivity contribution in [1.82, 2.24) is 5.50 Å². The van der Waals surface area contributed by atoms with Crippen molar-refractivity contribution in [2.24, 2.45) is 0 Å². The summed E-state index contributed by atoms with van der Waals surface area (Å²) in [5, 5.41) is 0. The number of rotatable bonds is 6. The van der Waals surface area contributed by atoms with Crippen LogP contribution in [0.5, 0.6) is 0 Å². The van der Waals surface area contributed by atoms with Crippen molar-refractivity contribution in [2.75, 3.05) is 6.79 Å². The van der Waals surface area contributed by atoms with Gasteiger partial charge in [-0.15, -0.1) is 5.50 Å². The monoisotopic (exact) mass is 258 g/mol. The first kappa shape index (κ1) is 13.9. The molecule has 7 heteroatoms. The summed E-state index contributed by atoms with van der Waals surface area (Å²) < 4.78 is 19.0. The maximum Gasteiger partial charge on any atom is 0.419 e. The van der Waals surface area contributed by atoms with E-state index < -0.39 is 20.5 Å². The Balaban J connectivity index is 2.20. The zero-order valence-electron chi connectivity index (χ0n) is 9.04. The average molecular weight is 258 g/mol. The highest BCUT2D eigenvalue weighted by molar-refractivity contribution is 7.49. The van der Waals surface area contributed by atoms with Gasteiger partial charge < -0.3 is 9.63 Å². The van der Waals surface area contributed by atoms with Gasteiger partial charge in [0.05, 0.1) is 0 Å². The summed E-state index contributed by atoms with van der Waals surface area (Å²) in [5.41, 5.74) is 7.51. The van der Waals surface area contributed by atoms with Crippen molar-refractivity contribution in [2.45, 2.75) is 12.8 Å². The SMILES string of the molecule is [NH]P(=O)(O)OCOC(=O)CCc1ccccc1. The molecule has 0 bridgehead atoms. The molecule has 1 unspecified atom stereocenters. The molecule has 0 amide bonds. The lowest BCUT2D eigenvalue weighted by molar-refractivity contribution is -0.150. The van der Waals surface area contributed by atoms with E-state index in [0.717, 1.165) is 5.56 Å². The Bertz CT molecular complexity index is 402. The maximum absolute atomic E-state index is 11.2. The van der Waals surface area contributed by atoms with Crippen LogP contribution in [0.1, 0.15) is 12.0 Å². The van der Waals surface area contributed by atoms with Crippen LogP contribution < -0.4 is 5.50 Å². The molecule has 1 radical (unpaired) electrons. The fourth-order valence-electron chi connectivity index (χ4n) is 1.13. The minimum Gasteiger partial charge on any atom is -0.438 e.